The Labute approximate surface area is 123 Å². The zero-order valence-corrected chi connectivity index (χ0v) is 13.3. The monoisotopic (exact) mass is 297 g/mol. The van der Waals surface area contributed by atoms with Gasteiger partial charge in [-0.1, -0.05) is 31.9 Å². The van der Waals surface area contributed by atoms with Crippen LogP contribution in [0.15, 0.2) is 11.1 Å². The molecule has 2 heterocycles. The number of halogens is 1. The molecule has 2 rings (SSSR count). The highest BCUT2D eigenvalue weighted by Gasteiger charge is 2.11. The van der Waals surface area contributed by atoms with Crippen LogP contribution in [0.5, 0.6) is 0 Å². The number of nitrogens with zero attached hydrogens (tertiary/aromatic N) is 3. The van der Waals surface area contributed by atoms with Gasteiger partial charge in [-0.05, 0) is 18.9 Å². The Morgan fingerprint density at radius 3 is 2.79 bits per heavy atom. The first kappa shape index (κ1) is 14.5. The number of unbranched alkanes of at least 4 members (excludes halogenated alkanes) is 1. The Morgan fingerprint density at radius 2 is 2.16 bits per heavy atom. The first-order valence-electron chi connectivity index (χ1n) is 6.82. The smallest absolute Gasteiger partial charge is 0.139 e. The molecule has 0 N–H and O–H groups in total. The number of aryl methyl sites for hydroxylation is 1. The van der Waals surface area contributed by atoms with Gasteiger partial charge in [-0.3, -0.25) is 4.99 Å². The van der Waals surface area contributed by atoms with Crippen LogP contribution in [-0.2, 0) is 13.0 Å². The fourth-order valence-corrected chi connectivity index (χ4v) is 3.37. The van der Waals surface area contributed by atoms with Crippen LogP contribution in [0.2, 0.25) is 4.34 Å². The number of aromatic nitrogens is 2. The van der Waals surface area contributed by atoms with Gasteiger partial charge in [-0.15, -0.1) is 11.3 Å². The lowest BCUT2D eigenvalue weighted by molar-refractivity contribution is 0.583. The van der Waals surface area contributed by atoms with Gasteiger partial charge in [0.15, 0.2) is 0 Å². The van der Waals surface area contributed by atoms with E-state index in [0.29, 0.717) is 0 Å². The number of fused-ring (bicyclic) bond motifs is 1. The highest BCUT2D eigenvalue weighted by Crippen LogP contribution is 2.26. The Kier molecular flexibility index (Phi) is 4.99. The lowest BCUT2D eigenvalue weighted by Crippen LogP contribution is -2.26. The molecule has 0 saturated heterocycles. The van der Waals surface area contributed by atoms with Gasteiger partial charge in [-0.2, -0.15) is 0 Å². The van der Waals surface area contributed by atoms with Gasteiger partial charge >= 0.3 is 0 Å². The van der Waals surface area contributed by atoms with E-state index in [-0.39, 0.29) is 0 Å². The quantitative estimate of drug-likeness (QED) is 0.819. The first-order valence-corrected chi connectivity index (χ1v) is 8.02. The third kappa shape index (κ3) is 3.00. The van der Waals surface area contributed by atoms with Crippen molar-refractivity contribution in [2.24, 2.45) is 4.99 Å². The predicted molar refractivity (Wildman–Crippen MR) is 83.0 cm³/mol. The summed E-state index contributed by atoms with van der Waals surface area (Å²) >= 11 is 7.66. The summed E-state index contributed by atoms with van der Waals surface area (Å²) in [4.78, 5) is 10.3. The molecule has 0 aromatic carbocycles. The molecule has 3 nitrogen and oxygen atoms in total. The van der Waals surface area contributed by atoms with Crippen LogP contribution in [0.3, 0.4) is 0 Å². The fourth-order valence-electron chi connectivity index (χ4n) is 2.27. The molecule has 0 unspecified atom stereocenters. The molecule has 5 heteroatoms. The Bertz CT molecular complexity index is 627. The largest absolute Gasteiger partial charge is 0.314 e. The summed E-state index contributed by atoms with van der Waals surface area (Å²) in [7, 11) is 1.84. The maximum atomic E-state index is 6.13. The number of rotatable bonds is 5. The minimum absolute atomic E-state index is 0.781. The standard InChI is InChI=1S/C14H20ClN3S/c1-4-6-7-12-17-14-10(9-11(15)19-14)13(16-3)18(12)8-5-2/h9H,4-8H2,1-3H3. The lowest BCUT2D eigenvalue weighted by Gasteiger charge is -2.13. The van der Waals surface area contributed by atoms with Crippen molar-refractivity contribution >= 4 is 33.2 Å². The zero-order valence-electron chi connectivity index (χ0n) is 11.7. The van der Waals surface area contributed by atoms with E-state index in [2.05, 4.69) is 23.4 Å². The van der Waals surface area contributed by atoms with E-state index in [9.17, 15) is 0 Å². The SMILES string of the molecule is CCCCc1nc2sc(Cl)cc2c(=NC)n1CCC. The van der Waals surface area contributed by atoms with Gasteiger partial charge < -0.3 is 4.57 Å². The molecule has 0 radical (unpaired) electrons. The number of hydrogen-bond donors (Lipinski definition) is 0. The molecule has 0 spiro atoms. The summed E-state index contributed by atoms with van der Waals surface area (Å²) in [5.41, 5.74) is 1.01. The van der Waals surface area contributed by atoms with Crippen molar-refractivity contribution in [2.75, 3.05) is 7.05 Å². The van der Waals surface area contributed by atoms with Crippen LogP contribution in [0, 0.1) is 0 Å². The van der Waals surface area contributed by atoms with Gasteiger partial charge in [0, 0.05) is 20.0 Å². The van der Waals surface area contributed by atoms with Crippen LogP contribution in [0.1, 0.15) is 38.9 Å². The first-order chi connectivity index (χ1) is 9.21. The van der Waals surface area contributed by atoms with Gasteiger partial charge in [0.25, 0.3) is 0 Å². The Hall–Kier alpha value is -0.870. The van der Waals surface area contributed by atoms with Crippen molar-refractivity contribution in [3.63, 3.8) is 0 Å². The Balaban J connectivity index is 2.67. The molecule has 19 heavy (non-hydrogen) atoms. The molecule has 0 fully saturated rings. The van der Waals surface area contributed by atoms with Crippen LogP contribution in [0.25, 0.3) is 10.2 Å². The highest BCUT2D eigenvalue weighted by atomic mass is 35.5. The van der Waals surface area contributed by atoms with E-state index in [0.717, 1.165) is 51.7 Å². The topological polar surface area (TPSA) is 30.2 Å². The molecule has 0 aliphatic heterocycles. The van der Waals surface area contributed by atoms with E-state index in [1.807, 2.05) is 13.1 Å². The van der Waals surface area contributed by atoms with E-state index in [4.69, 9.17) is 16.6 Å². The normalized spacial score (nSPS) is 12.5. The Morgan fingerprint density at radius 1 is 1.37 bits per heavy atom. The summed E-state index contributed by atoms with van der Waals surface area (Å²) < 4.78 is 3.03. The summed E-state index contributed by atoms with van der Waals surface area (Å²) in [5.74, 6) is 1.13. The minimum atomic E-state index is 0.781. The third-order valence-electron chi connectivity index (χ3n) is 3.13. The molecular weight excluding hydrogens is 278 g/mol. The molecular formula is C14H20ClN3S. The second-order valence-electron chi connectivity index (χ2n) is 4.60. The van der Waals surface area contributed by atoms with E-state index >= 15 is 0 Å². The van der Waals surface area contributed by atoms with E-state index in [1.54, 1.807) is 0 Å². The van der Waals surface area contributed by atoms with Crippen molar-refractivity contribution in [3.05, 3.63) is 21.7 Å². The predicted octanol–water partition coefficient (Wildman–Crippen LogP) is 4.03. The molecule has 2 aromatic rings. The average molecular weight is 298 g/mol. The van der Waals surface area contributed by atoms with E-state index < -0.39 is 0 Å². The van der Waals surface area contributed by atoms with Crippen LogP contribution >= 0.6 is 22.9 Å². The second kappa shape index (κ2) is 6.53. The van der Waals surface area contributed by atoms with Crippen LogP contribution in [0.4, 0.5) is 0 Å². The van der Waals surface area contributed by atoms with Crippen LogP contribution < -0.4 is 5.49 Å². The molecule has 104 valence electrons. The van der Waals surface area contributed by atoms with E-state index in [1.165, 1.54) is 17.8 Å². The summed E-state index contributed by atoms with van der Waals surface area (Å²) in [5, 5.41) is 1.08. The van der Waals surface area contributed by atoms with Crippen molar-refractivity contribution in [1.82, 2.24) is 9.55 Å². The average Bonchev–Trinajstić information content (AvgIpc) is 2.76. The molecule has 0 amide bonds. The minimum Gasteiger partial charge on any atom is -0.314 e. The number of hydrogen-bond acceptors (Lipinski definition) is 3. The van der Waals surface area contributed by atoms with Crippen molar-refractivity contribution in [1.29, 1.82) is 0 Å². The zero-order chi connectivity index (χ0) is 13.8. The summed E-state index contributed by atoms with van der Waals surface area (Å²) in [6.45, 7) is 5.35. The van der Waals surface area contributed by atoms with Crippen molar-refractivity contribution < 1.29 is 0 Å². The lowest BCUT2D eigenvalue weighted by atomic mass is 10.2. The van der Waals surface area contributed by atoms with Gasteiger partial charge in [0.05, 0.1) is 9.72 Å². The third-order valence-corrected chi connectivity index (χ3v) is 4.29. The van der Waals surface area contributed by atoms with Crippen LogP contribution in [-0.4, -0.2) is 16.6 Å². The van der Waals surface area contributed by atoms with Crippen molar-refractivity contribution in [3.8, 4) is 0 Å². The maximum absolute atomic E-state index is 6.13. The van der Waals surface area contributed by atoms with Gasteiger partial charge in [0.1, 0.15) is 16.1 Å². The van der Waals surface area contributed by atoms with Crippen molar-refractivity contribution in [2.45, 2.75) is 46.1 Å². The number of thiophene rings is 1. The molecule has 0 aliphatic carbocycles. The summed E-state index contributed by atoms with van der Waals surface area (Å²) in [6, 6.07) is 1.98. The highest BCUT2D eigenvalue weighted by molar-refractivity contribution is 7.22. The molecule has 0 aliphatic rings. The molecule has 2 aromatic heterocycles. The molecule has 0 bridgehead atoms. The molecule has 0 atom stereocenters. The van der Waals surface area contributed by atoms with Gasteiger partial charge in [0.2, 0.25) is 0 Å². The maximum Gasteiger partial charge on any atom is 0.139 e. The molecule has 0 saturated carbocycles. The fraction of sp³-hybridized carbons (Fsp3) is 0.571. The van der Waals surface area contributed by atoms with Gasteiger partial charge in [-0.25, -0.2) is 4.98 Å². The summed E-state index contributed by atoms with van der Waals surface area (Å²) in [6.07, 6.45) is 4.42. The second-order valence-corrected chi connectivity index (χ2v) is 6.26.